The molecule has 0 radical (unpaired) electrons. The van der Waals surface area contributed by atoms with Crippen molar-refractivity contribution in [1.29, 1.82) is 0 Å². The van der Waals surface area contributed by atoms with E-state index >= 15 is 0 Å². The van der Waals surface area contributed by atoms with Crippen LogP contribution in [0, 0.1) is 0 Å². The SMILES string of the molecule is CCCCC/C=C\C/C=C\C/C=C\CCCCCCC(=O)OCC(COP(=O)(O)OCC[N+](C)(C)C)O/C=C\CCCCCCCCCCCCCCCC. The molecule has 9 heteroatoms. The molecule has 0 aliphatic carbocycles. The van der Waals surface area contributed by atoms with Gasteiger partial charge in [-0.3, -0.25) is 13.8 Å². The van der Waals surface area contributed by atoms with Crippen molar-refractivity contribution in [3.8, 4) is 0 Å². The van der Waals surface area contributed by atoms with E-state index < -0.39 is 13.9 Å². The van der Waals surface area contributed by atoms with Crippen LogP contribution in [-0.4, -0.2) is 69.0 Å². The van der Waals surface area contributed by atoms with Gasteiger partial charge in [0, 0.05) is 6.42 Å². The van der Waals surface area contributed by atoms with Crippen LogP contribution < -0.4 is 0 Å². The van der Waals surface area contributed by atoms with E-state index in [0.29, 0.717) is 17.4 Å². The monoisotopic (exact) mass is 797 g/mol. The largest absolute Gasteiger partial charge is 0.492 e. The van der Waals surface area contributed by atoms with E-state index in [9.17, 15) is 14.3 Å². The maximum absolute atomic E-state index is 12.5. The number of esters is 1. The molecule has 0 amide bonds. The van der Waals surface area contributed by atoms with Gasteiger partial charge in [0.15, 0.2) is 6.10 Å². The number of phosphoric acid groups is 1. The molecule has 0 saturated heterocycles. The number of hydrogen-bond donors (Lipinski definition) is 1. The Morgan fingerprint density at radius 3 is 1.55 bits per heavy atom. The van der Waals surface area contributed by atoms with Crippen molar-refractivity contribution in [1.82, 2.24) is 0 Å². The molecular weight excluding hydrogens is 709 g/mol. The molecule has 0 aromatic carbocycles. The average molecular weight is 797 g/mol. The van der Waals surface area contributed by atoms with E-state index in [1.165, 1.54) is 109 Å². The molecule has 8 nitrogen and oxygen atoms in total. The molecule has 0 spiro atoms. The van der Waals surface area contributed by atoms with Crippen LogP contribution in [-0.2, 0) is 27.9 Å². The maximum Gasteiger partial charge on any atom is 0.472 e. The highest BCUT2D eigenvalue weighted by Crippen LogP contribution is 2.43. The van der Waals surface area contributed by atoms with E-state index in [1.54, 1.807) is 6.26 Å². The Morgan fingerprint density at radius 2 is 1.02 bits per heavy atom. The van der Waals surface area contributed by atoms with Crippen molar-refractivity contribution in [2.24, 2.45) is 0 Å². The second-order valence-corrected chi connectivity index (χ2v) is 17.6. The van der Waals surface area contributed by atoms with Crippen molar-refractivity contribution < 1.29 is 37.3 Å². The number of quaternary nitrogens is 1. The van der Waals surface area contributed by atoms with Gasteiger partial charge in [0.2, 0.25) is 0 Å². The summed E-state index contributed by atoms with van der Waals surface area (Å²) < 4.78 is 34.8. The number of unbranched alkanes of at least 4 members (excludes halogenated alkanes) is 21. The normalized spacial score (nSPS) is 14.1. The summed E-state index contributed by atoms with van der Waals surface area (Å²) in [5, 5.41) is 0. The summed E-state index contributed by atoms with van der Waals surface area (Å²) in [7, 11) is 1.66. The Hall–Kier alpha value is -1.70. The zero-order valence-corrected chi connectivity index (χ0v) is 37.3. The number of hydrogen-bond acceptors (Lipinski definition) is 6. The van der Waals surface area contributed by atoms with Crippen LogP contribution in [0.3, 0.4) is 0 Å². The molecule has 0 saturated carbocycles. The van der Waals surface area contributed by atoms with Gasteiger partial charge in [0.05, 0.1) is 34.0 Å². The maximum atomic E-state index is 12.5. The highest BCUT2D eigenvalue weighted by Gasteiger charge is 2.25. The van der Waals surface area contributed by atoms with E-state index in [4.69, 9.17) is 18.5 Å². The van der Waals surface area contributed by atoms with Gasteiger partial charge in [-0.25, -0.2) is 4.57 Å². The number of likely N-dealkylation sites (N-methyl/N-ethyl adjacent to an activating group) is 1. The molecule has 322 valence electrons. The Balaban J connectivity index is 4.32. The number of carbonyl (C=O) groups excluding carboxylic acids is 1. The third-order valence-corrected chi connectivity index (χ3v) is 10.5. The van der Waals surface area contributed by atoms with Crippen molar-refractivity contribution in [3.05, 3.63) is 48.8 Å². The highest BCUT2D eigenvalue weighted by atomic mass is 31.2. The minimum absolute atomic E-state index is 0.0601. The lowest BCUT2D eigenvalue weighted by Gasteiger charge is -2.24. The molecule has 2 unspecified atom stereocenters. The van der Waals surface area contributed by atoms with Gasteiger partial charge in [-0.1, -0.05) is 159 Å². The molecule has 0 aliphatic heterocycles. The minimum atomic E-state index is -4.27. The van der Waals surface area contributed by atoms with Crippen LogP contribution in [0.5, 0.6) is 0 Å². The highest BCUT2D eigenvalue weighted by molar-refractivity contribution is 7.47. The van der Waals surface area contributed by atoms with Gasteiger partial charge in [0.1, 0.15) is 19.8 Å². The predicted molar refractivity (Wildman–Crippen MR) is 233 cm³/mol. The summed E-state index contributed by atoms with van der Waals surface area (Å²) in [4.78, 5) is 22.7. The van der Waals surface area contributed by atoms with Crippen LogP contribution in [0.2, 0.25) is 0 Å². The van der Waals surface area contributed by atoms with E-state index in [2.05, 4.69) is 50.3 Å². The van der Waals surface area contributed by atoms with Crippen molar-refractivity contribution in [2.75, 3.05) is 47.5 Å². The van der Waals surface area contributed by atoms with Crippen LogP contribution in [0.25, 0.3) is 0 Å². The Morgan fingerprint density at radius 1 is 0.582 bits per heavy atom. The first-order valence-corrected chi connectivity index (χ1v) is 23.9. The van der Waals surface area contributed by atoms with Gasteiger partial charge >= 0.3 is 13.8 Å². The van der Waals surface area contributed by atoms with E-state index in [-0.39, 0.29) is 25.8 Å². The quantitative estimate of drug-likeness (QED) is 0.0164. The van der Waals surface area contributed by atoms with Gasteiger partial charge in [-0.15, -0.1) is 0 Å². The van der Waals surface area contributed by atoms with Crippen LogP contribution >= 0.6 is 7.82 Å². The molecule has 0 bridgehead atoms. The Kier molecular flexibility index (Phi) is 37.9. The summed E-state index contributed by atoms with van der Waals surface area (Å²) in [5.41, 5.74) is 0. The summed E-state index contributed by atoms with van der Waals surface area (Å²) in [5.74, 6) is -0.297. The summed E-state index contributed by atoms with van der Waals surface area (Å²) in [6.07, 6.45) is 48.1. The van der Waals surface area contributed by atoms with Gasteiger partial charge < -0.3 is 18.9 Å². The van der Waals surface area contributed by atoms with Crippen molar-refractivity contribution in [3.63, 3.8) is 0 Å². The average Bonchev–Trinajstić information content (AvgIpc) is 3.14. The van der Waals surface area contributed by atoms with E-state index in [0.717, 1.165) is 57.8 Å². The summed E-state index contributed by atoms with van der Waals surface area (Å²) in [6, 6.07) is 0. The molecule has 1 N–H and O–H groups in total. The third-order valence-electron chi connectivity index (χ3n) is 9.48. The van der Waals surface area contributed by atoms with Crippen molar-refractivity contribution in [2.45, 2.75) is 193 Å². The Bertz CT molecular complexity index is 1020. The zero-order chi connectivity index (χ0) is 40.6. The van der Waals surface area contributed by atoms with Gasteiger partial charge in [-0.05, 0) is 63.9 Å². The first kappa shape index (κ1) is 53.3. The summed E-state index contributed by atoms with van der Waals surface area (Å²) in [6.45, 7) is 4.86. The minimum Gasteiger partial charge on any atom is -0.492 e. The Labute approximate surface area is 339 Å². The number of allylic oxidation sites excluding steroid dienone is 7. The van der Waals surface area contributed by atoms with Crippen LogP contribution in [0.4, 0.5) is 0 Å². The van der Waals surface area contributed by atoms with Gasteiger partial charge in [0.25, 0.3) is 0 Å². The lowest BCUT2D eigenvalue weighted by molar-refractivity contribution is -0.870. The molecule has 2 atom stereocenters. The number of rotatable bonds is 41. The molecular formula is C46H87NO7P+. The number of ether oxygens (including phenoxy) is 2. The lowest BCUT2D eigenvalue weighted by Crippen LogP contribution is -2.37. The van der Waals surface area contributed by atoms with Gasteiger partial charge in [-0.2, -0.15) is 0 Å². The second-order valence-electron chi connectivity index (χ2n) is 16.1. The second kappa shape index (κ2) is 39.1. The van der Waals surface area contributed by atoms with Crippen molar-refractivity contribution >= 4 is 13.8 Å². The summed E-state index contributed by atoms with van der Waals surface area (Å²) >= 11 is 0. The fraction of sp³-hybridized carbons (Fsp3) is 0.804. The molecule has 0 aromatic heterocycles. The zero-order valence-electron chi connectivity index (χ0n) is 36.4. The van der Waals surface area contributed by atoms with Crippen LogP contribution in [0.1, 0.15) is 187 Å². The first-order valence-electron chi connectivity index (χ1n) is 22.4. The predicted octanol–water partition coefficient (Wildman–Crippen LogP) is 13.5. The fourth-order valence-corrected chi connectivity index (χ4v) is 6.64. The fourth-order valence-electron chi connectivity index (χ4n) is 5.90. The number of carbonyl (C=O) groups is 1. The molecule has 55 heavy (non-hydrogen) atoms. The molecule has 0 aliphatic rings. The molecule has 0 fully saturated rings. The lowest BCUT2D eigenvalue weighted by atomic mass is 10.0. The molecule has 0 aromatic rings. The molecule has 0 heterocycles. The third kappa shape index (κ3) is 43.3. The number of phosphoric ester groups is 1. The topological polar surface area (TPSA) is 91.3 Å². The standard InChI is InChI=1S/C46H86NO7P/c1-6-8-10-12-14-16-18-20-22-24-25-27-29-31-33-35-37-39-46(48)52-43-45(44-54-55(49,50)53-42-40-47(3,4)5)51-41-38-36-34-32-30-28-26-23-21-19-17-15-13-11-9-7-2/h14,16,20,22,25,27,38,41,45H,6-13,15,17-19,21,23-24,26,28-37,39-40,42-44H2,1-5H3/p+1/b16-14-,22-20-,27-25-,41-38-. The molecule has 0 rings (SSSR count). The first-order chi connectivity index (χ1) is 26.6. The number of nitrogens with zero attached hydrogens (tertiary/aromatic N) is 1. The van der Waals surface area contributed by atoms with Crippen LogP contribution in [0.15, 0.2) is 48.8 Å². The van der Waals surface area contributed by atoms with E-state index in [1.807, 2.05) is 27.2 Å². The smallest absolute Gasteiger partial charge is 0.472 e.